The zero-order chi connectivity index (χ0) is 15.0. The minimum Gasteiger partial charge on any atom is -0.477 e. The van der Waals surface area contributed by atoms with Gasteiger partial charge in [0, 0.05) is 25.1 Å². The van der Waals surface area contributed by atoms with Gasteiger partial charge in [0.05, 0.1) is 11.3 Å². The van der Waals surface area contributed by atoms with Crippen molar-refractivity contribution in [2.45, 2.75) is 26.3 Å². The highest BCUT2D eigenvalue weighted by molar-refractivity contribution is 5.88. The molecular formula is C16H16N2O3. The molecule has 1 aliphatic rings. The van der Waals surface area contributed by atoms with E-state index in [0.717, 1.165) is 24.9 Å². The number of hydrogen-bond acceptors (Lipinski definition) is 3. The highest BCUT2D eigenvalue weighted by atomic mass is 16.4. The molecule has 1 aliphatic carbocycles. The van der Waals surface area contributed by atoms with Gasteiger partial charge in [0.15, 0.2) is 0 Å². The van der Waals surface area contributed by atoms with Gasteiger partial charge in [-0.2, -0.15) is 0 Å². The summed E-state index contributed by atoms with van der Waals surface area (Å²) in [6.45, 7) is 2.66. The summed E-state index contributed by atoms with van der Waals surface area (Å²) in [5, 5.41) is 9.22. The molecule has 2 heterocycles. The Balaban J connectivity index is 2.12. The van der Waals surface area contributed by atoms with E-state index in [9.17, 15) is 14.7 Å². The molecule has 0 amide bonds. The van der Waals surface area contributed by atoms with Crippen LogP contribution in [0.1, 0.15) is 28.8 Å². The Morgan fingerprint density at radius 2 is 2.14 bits per heavy atom. The van der Waals surface area contributed by atoms with Crippen molar-refractivity contribution in [1.29, 1.82) is 0 Å². The second-order valence-electron chi connectivity index (χ2n) is 5.58. The van der Waals surface area contributed by atoms with E-state index in [-0.39, 0.29) is 5.56 Å². The van der Waals surface area contributed by atoms with Gasteiger partial charge in [-0.05, 0) is 37.3 Å². The number of aryl methyl sites for hydroxylation is 1. The highest BCUT2D eigenvalue weighted by Gasteiger charge is 2.23. The molecule has 0 atom stereocenters. The van der Waals surface area contributed by atoms with Crippen LogP contribution >= 0.6 is 0 Å². The Morgan fingerprint density at radius 3 is 2.71 bits per heavy atom. The van der Waals surface area contributed by atoms with Gasteiger partial charge in [0.25, 0.3) is 0 Å². The van der Waals surface area contributed by atoms with Crippen LogP contribution in [0.3, 0.4) is 0 Å². The molecule has 0 unspecified atom stereocenters. The van der Waals surface area contributed by atoms with Crippen LogP contribution < -0.4 is 5.43 Å². The Morgan fingerprint density at radius 1 is 1.38 bits per heavy atom. The normalized spacial score (nSPS) is 14.1. The molecule has 0 spiro atoms. The van der Waals surface area contributed by atoms with Crippen LogP contribution in [0.25, 0.3) is 11.3 Å². The first-order valence-corrected chi connectivity index (χ1v) is 6.95. The van der Waals surface area contributed by atoms with Crippen LogP contribution in [-0.4, -0.2) is 20.6 Å². The Bertz CT molecular complexity index is 743. The lowest BCUT2D eigenvalue weighted by molar-refractivity contribution is 0.0694. The van der Waals surface area contributed by atoms with Crippen LogP contribution in [0.5, 0.6) is 0 Å². The van der Waals surface area contributed by atoms with Crippen LogP contribution in [0.15, 0.2) is 35.5 Å². The predicted octanol–water partition coefficient (Wildman–Crippen LogP) is 2.33. The second kappa shape index (κ2) is 5.16. The fraction of sp³-hybridized carbons (Fsp3) is 0.312. The number of hydrogen-bond donors (Lipinski definition) is 1. The molecule has 5 nitrogen and oxygen atoms in total. The molecule has 1 N–H and O–H groups in total. The average Bonchev–Trinajstić information content (AvgIpc) is 3.25. The maximum atomic E-state index is 12.3. The van der Waals surface area contributed by atoms with E-state index in [1.807, 2.05) is 13.0 Å². The van der Waals surface area contributed by atoms with Crippen molar-refractivity contribution in [1.82, 2.24) is 9.55 Å². The minimum atomic E-state index is -1.20. The van der Waals surface area contributed by atoms with Gasteiger partial charge >= 0.3 is 5.97 Å². The van der Waals surface area contributed by atoms with Gasteiger partial charge in [0.2, 0.25) is 5.43 Å². The van der Waals surface area contributed by atoms with Crippen molar-refractivity contribution in [3.63, 3.8) is 0 Å². The molecule has 0 aromatic carbocycles. The summed E-state index contributed by atoms with van der Waals surface area (Å²) in [6, 6.07) is 3.61. The number of pyridine rings is 2. The predicted molar refractivity (Wildman–Crippen MR) is 78.4 cm³/mol. The van der Waals surface area contributed by atoms with Crippen molar-refractivity contribution in [2.24, 2.45) is 5.92 Å². The second-order valence-corrected chi connectivity index (χ2v) is 5.58. The maximum Gasteiger partial charge on any atom is 0.341 e. The van der Waals surface area contributed by atoms with Crippen molar-refractivity contribution in [2.75, 3.05) is 0 Å². The first-order valence-electron chi connectivity index (χ1n) is 6.95. The Kier molecular flexibility index (Phi) is 3.33. The SMILES string of the molecule is Cc1ccc(-c2cn(CC3CC3)cc(C(=O)O)c2=O)nc1. The van der Waals surface area contributed by atoms with E-state index in [4.69, 9.17) is 0 Å². The number of rotatable bonds is 4. The Labute approximate surface area is 121 Å². The summed E-state index contributed by atoms with van der Waals surface area (Å²) >= 11 is 0. The molecule has 2 aromatic heterocycles. The van der Waals surface area contributed by atoms with Crippen LogP contribution in [0.4, 0.5) is 0 Å². The number of carboxylic acid groups (broad SMARTS) is 1. The van der Waals surface area contributed by atoms with Gasteiger partial charge < -0.3 is 9.67 Å². The van der Waals surface area contributed by atoms with Gasteiger partial charge in [-0.25, -0.2) is 4.79 Å². The first-order chi connectivity index (χ1) is 10.0. The lowest BCUT2D eigenvalue weighted by Crippen LogP contribution is -2.20. The molecule has 0 bridgehead atoms. The van der Waals surface area contributed by atoms with Gasteiger partial charge in [-0.15, -0.1) is 0 Å². The lowest BCUT2D eigenvalue weighted by Gasteiger charge is -2.10. The monoisotopic (exact) mass is 284 g/mol. The van der Waals surface area contributed by atoms with Gasteiger partial charge in [-0.1, -0.05) is 6.07 Å². The standard InChI is InChI=1S/C16H16N2O3/c1-10-2-5-14(17-6-10)12-8-18(7-11-3-4-11)9-13(15(12)19)16(20)21/h2,5-6,8-9,11H,3-4,7H2,1H3,(H,20,21). The fourth-order valence-corrected chi connectivity index (χ4v) is 2.30. The van der Waals surface area contributed by atoms with E-state index >= 15 is 0 Å². The summed E-state index contributed by atoms with van der Waals surface area (Å²) < 4.78 is 1.80. The van der Waals surface area contributed by atoms with E-state index in [2.05, 4.69) is 4.98 Å². The van der Waals surface area contributed by atoms with Crippen LogP contribution in [0.2, 0.25) is 0 Å². The number of aromatic carboxylic acids is 1. The largest absolute Gasteiger partial charge is 0.477 e. The van der Waals surface area contributed by atoms with Crippen LogP contribution in [-0.2, 0) is 6.54 Å². The summed E-state index contributed by atoms with van der Waals surface area (Å²) in [4.78, 5) is 27.8. The molecule has 0 aliphatic heterocycles. The fourth-order valence-electron chi connectivity index (χ4n) is 2.30. The van der Waals surface area contributed by atoms with E-state index in [1.54, 1.807) is 23.0 Å². The molecule has 0 radical (unpaired) electrons. The molecular weight excluding hydrogens is 268 g/mol. The zero-order valence-corrected chi connectivity index (χ0v) is 11.7. The topological polar surface area (TPSA) is 72.2 Å². The summed E-state index contributed by atoms with van der Waals surface area (Å²) in [5.74, 6) is -0.605. The van der Waals surface area contributed by atoms with Gasteiger partial charge in [0.1, 0.15) is 5.56 Å². The summed E-state index contributed by atoms with van der Waals surface area (Å²) in [7, 11) is 0. The number of nitrogens with zero attached hydrogens (tertiary/aromatic N) is 2. The highest BCUT2D eigenvalue weighted by Crippen LogP contribution is 2.30. The minimum absolute atomic E-state index is 0.199. The molecule has 1 fully saturated rings. The molecule has 108 valence electrons. The number of aromatic nitrogens is 2. The quantitative estimate of drug-likeness (QED) is 0.935. The third-order valence-electron chi connectivity index (χ3n) is 3.66. The lowest BCUT2D eigenvalue weighted by atomic mass is 10.1. The Hall–Kier alpha value is -2.43. The molecule has 1 saturated carbocycles. The third-order valence-corrected chi connectivity index (χ3v) is 3.66. The maximum absolute atomic E-state index is 12.3. The molecule has 5 heteroatoms. The van der Waals surface area contributed by atoms with Crippen molar-refractivity contribution >= 4 is 5.97 Å². The third kappa shape index (κ3) is 2.86. The number of carboxylic acids is 1. The van der Waals surface area contributed by atoms with Gasteiger partial charge in [-0.3, -0.25) is 9.78 Å². The molecule has 2 aromatic rings. The van der Waals surface area contributed by atoms with Crippen molar-refractivity contribution < 1.29 is 9.90 Å². The van der Waals surface area contributed by atoms with E-state index in [0.29, 0.717) is 17.2 Å². The van der Waals surface area contributed by atoms with E-state index < -0.39 is 11.4 Å². The van der Waals surface area contributed by atoms with Crippen molar-refractivity contribution in [3.05, 3.63) is 52.1 Å². The average molecular weight is 284 g/mol. The van der Waals surface area contributed by atoms with Crippen molar-refractivity contribution in [3.8, 4) is 11.3 Å². The summed E-state index contributed by atoms with van der Waals surface area (Å²) in [5.41, 5.74) is 1.17. The number of carbonyl (C=O) groups is 1. The molecule has 3 rings (SSSR count). The van der Waals surface area contributed by atoms with Crippen LogP contribution in [0, 0.1) is 12.8 Å². The summed E-state index contributed by atoms with van der Waals surface area (Å²) in [6.07, 6.45) is 7.14. The first kappa shape index (κ1) is 13.5. The molecule has 21 heavy (non-hydrogen) atoms. The van der Waals surface area contributed by atoms with E-state index in [1.165, 1.54) is 6.20 Å². The smallest absolute Gasteiger partial charge is 0.341 e. The zero-order valence-electron chi connectivity index (χ0n) is 11.7. The molecule has 0 saturated heterocycles.